The highest BCUT2D eigenvalue weighted by Gasteiger charge is 2.30. The fourth-order valence-electron chi connectivity index (χ4n) is 2.16. The van der Waals surface area contributed by atoms with Crippen LogP contribution in [-0.2, 0) is 10.8 Å². The standard InChI is InChI=1S/C10H21NOS/c1-7(2)10-9(4)11-8(3)5-6-13(10)12/h7-11H,5-6H2,1-4H3. The lowest BCUT2D eigenvalue weighted by atomic mass is 10.0. The molecule has 1 N–H and O–H groups in total. The van der Waals surface area contributed by atoms with Crippen molar-refractivity contribution >= 4 is 10.8 Å². The van der Waals surface area contributed by atoms with Gasteiger partial charge in [-0.05, 0) is 26.2 Å². The van der Waals surface area contributed by atoms with Crippen LogP contribution in [0.15, 0.2) is 0 Å². The average Bonchev–Trinajstić information content (AvgIpc) is 2.10. The summed E-state index contributed by atoms with van der Waals surface area (Å²) in [6, 6.07) is 0.904. The molecule has 4 unspecified atom stereocenters. The summed E-state index contributed by atoms with van der Waals surface area (Å²) in [5.41, 5.74) is 0. The fourth-order valence-corrected chi connectivity index (χ4v) is 4.16. The third-order valence-electron chi connectivity index (χ3n) is 2.75. The van der Waals surface area contributed by atoms with Crippen LogP contribution in [0.25, 0.3) is 0 Å². The Morgan fingerprint density at radius 1 is 1.38 bits per heavy atom. The third kappa shape index (κ3) is 2.78. The van der Waals surface area contributed by atoms with E-state index in [9.17, 15) is 4.21 Å². The van der Waals surface area contributed by atoms with Crippen molar-refractivity contribution in [2.75, 3.05) is 5.75 Å². The molecule has 0 radical (unpaired) electrons. The molecular weight excluding hydrogens is 182 g/mol. The Hall–Kier alpha value is 0.110. The van der Waals surface area contributed by atoms with E-state index >= 15 is 0 Å². The van der Waals surface area contributed by atoms with E-state index in [-0.39, 0.29) is 0 Å². The Morgan fingerprint density at radius 2 is 2.00 bits per heavy atom. The van der Waals surface area contributed by atoms with Crippen LogP contribution in [0, 0.1) is 5.92 Å². The van der Waals surface area contributed by atoms with Gasteiger partial charge in [-0.2, -0.15) is 0 Å². The number of hydrogen-bond acceptors (Lipinski definition) is 2. The lowest BCUT2D eigenvalue weighted by Gasteiger charge is -2.25. The summed E-state index contributed by atoms with van der Waals surface area (Å²) in [5, 5.41) is 3.83. The Morgan fingerprint density at radius 3 is 2.54 bits per heavy atom. The molecule has 0 aliphatic carbocycles. The van der Waals surface area contributed by atoms with Crippen molar-refractivity contribution in [2.24, 2.45) is 5.92 Å². The molecule has 0 spiro atoms. The van der Waals surface area contributed by atoms with Crippen molar-refractivity contribution in [3.8, 4) is 0 Å². The normalized spacial score (nSPS) is 41.9. The third-order valence-corrected chi connectivity index (χ3v) is 4.95. The molecule has 0 aromatic rings. The number of nitrogens with one attached hydrogen (secondary N) is 1. The van der Waals surface area contributed by atoms with E-state index in [0.717, 1.165) is 12.2 Å². The highest BCUT2D eigenvalue weighted by Crippen LogP contribution is 2.18. The van der Waals surface area contributed by atoms with Crippen molar-refractivity contribution in [2.45, 2.75) is 51.4 Å². The summed E-state index contributed by atoms with van der Waals surface area (Å²) >= 11 is 0. The molecule has 0 bridgehead atoms. The summed E-state index contributed by atoms with van der Waals surface area (Å²) in [6.07, 6.45) is 1.04. The minimum Gasteiger partial charge on any atom is -0.311 e. The maximum Gasteiger partial charge on any atom is 0.0521 e. The van der Waals surface area contributed by atoms with Crippen LogP contribution in [0.2, 0.25) is 0 Å². The SMILES string of the molecule is CC1CCS(=O)C(C(C)C)C(C)N1. The lowest BCUT2D eigenvalue weighted by molar-refractivity contribution is 0.415. The van der Waals surface area contributed by atoms with Gasteiger partial charge in [-0.3, -0.25) is 4.21 Å². The van der Waals surface area contributed by atoms with E-state index in [1.54, 1.807) is 0 Å². The van der Waals surface area contributed by atoms with Gasteiger partial charge >= 0.3 is 0 Å². The van der Waals surface area contributed by atoms with Gasteiger partial charge in [-0.25, -0.2) is 0 Å². The first kappa shape index (κ1) is 11.2. The zero-order valence-electron chi connectivity index (χ0n) is 9.04. The van der Waals surface area contributed by atoms with Crippen LogP contribution in [0.5, 0.6) is 0 Å². The van der Waals surface area contributed by atoms with Gasteiger partial charge in [-0.15, -0.1) is 0 Å². The molecule has 1 saturated heterocycles. The maximum absolute atomic E-state index is 11.9. The smallest absolute Gasteiger partial charge is 0.0521 e. The second-order valence-corrected chi connectivity index (χ2v) is 6.15. The van der Waals surface area contributed by atoms with Gasteiger partial charge in [-0.1, -0.05) is 13.8 Å². The quantitative estimate of drug-likeness (QED) is 0.700. The minimum absolute atomic E-state index is 0.324. The van der Waals surface area contributed by atoms with Gasteiger partial charge in [0.1, 0.15) is 0 Å². The van der Waals surface area contributed by atoms with E-state index in [1.807, 2.05) is 0 Å². The molecule has 4 atom stereocenters. The minimum atomic E-state index is -0.639. The van der Waals surface area contributed by atoms with Gasteiger partial charge in [0.15, 0.2) is 0 Å². The summed E-state index contributed by atoms with van der Waals surface area (Å²) in [4.78, 5) is 0. The van der Waals surface area contributed by atoms with Crippen LogP contribution < -0.4 is 5.32 Å². The van der Waals surface area contributed by atoms with Crippen LogP contribution in [0.1, 0.15) is 34.1 Å². The molecule has 3 heteroatoms. The Bertz CT molecular complexity index is 193. The topological polar surface area (TPSA) is 29.1 Å². The monoisotopic (exact) mass is 203 g/mol. The number of hydrogen-bond donors (Lipinski definition) is 1. The predicted octanol–water partition coefficient (Wildman–Crippen LogP) is 1.53. The summed E-state index contributed by atoms with van der Waals surface area (Å²) in [6.45, 7) is 8.66. The Kier molecular flexibility index (Phi) is 3.92. The van der Waals surface area contributed by atoms with Gasteiger partial charge in [0, 0.05) is 28.6 Å². The van der Waals surface area contributed by atoms with Crippen LogP contribution in [-0.4, -0.2) is 27.3 Å². The molecule has 13 heavy (non-hydrogen) atoms. The predicted molar refractivity (Wildman–Crippen MR) is 58.3 cm³/mol. The van der Waals surface area contributed by atoms with E-state index in [0.29, 0.717) is 23.3 Å². The summed E-state index contributed by atoms with van der Waals surface area (Å²) in [5.74, 6) is 1.37. The zero-order valence-corrected chi connectivity index (χ0v) is 9.86. The van der Waals surface area contributed by atoms with E-state index in [4.69, 9.17) is 0 Å². The van der Waals surface area contributed by atoms with Crippen molar-refractivity contribution in [1.82, 2.24) is 5.32 Å². The van der Waals surface area contributed by atoms with Crippen LogP contribution >= 0.6 is 0 Å². The highest BCUT2D eigenvalue weighted by atomic mass is 32.2. The second-order valence-electron chi connectivity index (χ2n) is 4.44. The van der Waals surface area contributed by atoms with E-state index in [2.05, 4.69) is 33.0 Å². The molecule has 0 aromatic heterocycles. The largest absolute Gasteiger partial charge is 0.311 e. The van der Waals surface area contributed by atoms with Crippen molar-refractivity contribution in [3.63, 3.8) is 0 Å². The van der Waals surface area contributed by atoms with E-state index in [1.165, 1.54) is 0 Å². The lowest BCUT2D eigenvalue weighted by Crippen LogP contribution is -2.43. The van der Waals surface area contributed by atoms with Gasteiger partial charge < -0.3 is 5.32 Å². The molecule has 78 valence electrons. The van der Waals surface area contributed by atoms with Crippen LogP contribution in [0.4, 0.5) is 0 Å². The van der Waals surface area contributed by atoms with Gasteiger partial charge in [0.05, 0.1) is 5.25 Å². The van der Waals surface area contributed by atoms with Crippen molar-refractivity contribution in [1.29, 1.82) is 0 Å². The fraction of sp³-hybridized carbons (Fsp3) is 1.00. The second kappa shape index (κ2) is 4.56. The Labute approximate surface area is 83.9 Å². The van der Waals surface area contributed by atoms with Crippen molar-refractivity contribution in [3.05, 3.63) is 0 Å². The first-order valence-corrected chi connectivity index (χ1v) is 6.53. The van der Waals surface area contributed by atoms with Crippen molar-refractivity contribution < 1.29 is 4.21 Å². The first-order chi connectivity index (χ1) is 6.02. The zero-order chi connectivity index (χ0) is 10.0. The summed E-state index contributed by atoms with van der Waals surface area (Å²) < 4.78 is 11.9. The number of rotatable bonds is 1. The van der Waals surface area contributed by atoms with Gasteiger partial charge in [0.25, 0.3) is 0 Å². The average molecular weight is 203 g/mol. The molecule has 1 aliphatic heterocycles. The molecule has 1 rings (SSSR count). The van der Waals surface area contributed by atoms with E-state index < -0.39 is 10.8 Å². The summed E-state index contributed by atoms with van der Waals surface area (Å²) in [7, 11) is -0.639. The first-order valence-electron chi connectivity index (χ1n) is 5.15. The molecule has 1 heterocycles. The highest BCUT2D eigenvalue weighted by molar-refractivity contribution is 7.85. The van der Waals surface area contributed by atoms with Gasteiger partial charge in [0.2, 0.25) is 0 Å². The maximum atomic E-state index is 11.9. The van der Waals surface area contributed by atoms with Crippen LogP contribution in [0.3, 0.4) is 0 Å². The molecule has 0 aromatic carbocycles. The molecule has 0 saturated carbocycles. The molecule has 2 nitrogen and oxygen atoms in total. The molecule has 1 fully saturated rings. The molecule has 0 amide bonds. The molecule has 1 aliphatic rings. The Balaban J connectivity index is 2.73. The molecular formula is C10H21NOS.